The molecule has 1 atom stereocenters. The van der Waals surface area contributed by atoms with Gasteiger partial charge in [-0.25, -0.2) is 0 Å². The molecule has 0 aromatic heterocycles. The van der Waals surface area contributed by atoms with Gasteiger partial charge < -0.3 is 14.9 Å². The van der Waals surface area contributed by atoms with E-state index in [1.807, 2.05) is 17.0 Å². The quantitative estimate of drug-likeness (QED) is 0.902. The first-order valence-electron chi connectivity index (χ1n) is 9.87. The highest BCUT2D eigenvalue weighted by Gasteiger charge is 2.43. The molecule has 2 amide bonds. The Hall–Kier alpha value is -2.04. The predicted octanol–water partition coefficient (Wildman–Crippen LogP) is 2.58. The van der Waals surface area contributed by atoms with E-state index < -0.39 is 0 Å². The molecule has 26 heavy (non-hydrogen) atoms. The monoisotopic (exact) mass is 356 g/mol. The van der Waals surface area contributed by atoms with Crippen LogP contribution in [-0.4, -0.2) is 52.9 Å². The van der Waals surface area contributed by atoms with Gasteiger partial charge in [-0.2, -0.15) is 0 Å². The second kappa shape index (κ2) is 6.93. The fraction of sp³-hybridized carbons (Fsp3) is 0.619. The molecular weight excluding hydrogens is 328 g/mol. The Bertz CT molecular complexity index is 700. The molecule has 5 nitrogen and oxygen atoms in total. The summed E-state index contributed by atoms with van der Waals surface area (Å²) in [5, 5.41) is 9.94. The maximum atomic E-state index is 12.8. The van der Waals surface area contributed by atoms with Crippen LogP contribution in [0.2, 0.25) is 0 Å². The highest BCUT2D eigenvalue weighted by molar-refractivity contribution is 5.80. The predicted molar refractivity (Wildman–Crippen MR) is 98.6 cm³/mol. The van der Waals surface area contributed by atoms with Gasteiger partial charge in [-0.15, -0.1) is 0 Å². The van der Waals surface area contributed by atoms with Gasteiger partial charge in [-0.3, -0.25) is 9.59 Å². The van der Waals surface area contributed by atoms with Gasteiger partial charge in [0.15, 0.2) is 0 Å². The molecule has 3 aliphatic rings. The summed E-state index contributed by atoms with van der Waals surface area (Å²) in [7, 11) is 0. The van der Waals surface area contributed by atoms with Crippen molar-refractivity contribution in [1.82, 2.24) is 9.80 Å². The van der Waals surface area contributed by atoms with Gasteiger partial charge in [-0.05, 0) is 44.1 Å². The number of amides is 2. The molecule has 2 saturated heterocycles. The number of hydrogen-bond donors (Lipinski definition) is 1. The molecule has 0 unspecified atom stereocenters. The number of piperidine rings is 2. The van der Waals surface area contributed by atoms with Crippen molar-refractivity contribution in [3.8, 4) is 5.75 Å². The molecule has 5 heteroatoms. The summed E-state index contributed by atoms with van der Waals surface area (Å²) in [4.78, 5) is 29.1. The minimum absolute atomic E-state index is 0.0649. The number of likely N-dealkylation sites (tertiary alicyclic amines) is 2. The van der Waals surface area contributed by atoms with Gasteiger partial charge in [0.25, 0.3) is 0 Å². The van der Waals surface area contributed by atoms with Crippen molar-refractivity contribution in [2.75, 3.05) is 26.2 Å². The van der Waals surface area contributed by atoms with E-state index in [-0.39, 0.29) is 23.5 Å². The lowest BCUT2D eigenvalue weighted by Crippen LogP contribution is -2.55. The molecule has 1 aromatic rings. The SMILES string of the molecule is O=C(Cc1ccccc1O)N1CCC[C@]2(CCC(=O)N(CC3CC3)C2)C1. The first kappa shape index (κ1) is 17.4. The Morgan fingerprint density at radius 2 is 2.00 bits per heavy atom. The van der Waals surface area contributed by atoms with Gasteiger partial charge in [-0.1, -0.05) is 18.2 Å². The summed E-state index contributed by atoms with van der Waals surface area (Å²) in [6, 6.07) is 7.06. The highest BCUT2D eigenvalue weighted by atomic mass is 16.3. The molecular formula is C21H28N2O3. The molecule has 0 bridgehead atoms. The summed E-state index contributed by atoms with van der Waals surface area (Å²) >= 11 is 0. The Morgan fingerprint density at radius 1 is 1.19 bits per heavy atom. The zero-order chi connectivity index (χ0) is 18.1. The molecule has 3 fully saturated rings. The van der Waals surface area contributed by atoms with E-state index in [1.54, 1.807) is 12.1 Å². The van der Waals surface area contributed by atoms with Crippen LogP contribution in [0.5, 0.6) is 5.75 Å². The van der Waals surface area contributed by atoms with Crippen molar-refractivity contribution >= 4 is 11.8 Å². The maximum Gasteiger partial charge on any atom is 0.227 e. The molecule has 140 valence electrons. The molecule has 0 radical (unpaired) electrons. The second-order valence-corrected chi connectivity index (χ2v) is 8.44. The Balaban J connectivity index is 1.42. The number of benzene rings is 1. The maximum absolute atomic E-state index is 12.8. The first-order valence-corrected chi connectivity index (χ1v) is 9.87. The summed E-state index contributed by atoms with van der Waals surface area (Å²) in [6.07, 6.45) is 6.36. The number of para-hydroxylation sites is 1. The van der Waals surface area contributed by atoms with Gasteiger partial charge in [0.05, 0.1) is 6.42 Å². The van der Waals surface area contributed by atoms with Crippen molar-refractivity contribution in [3.63, 3.8) is 0 Å². The van der Waals surface area contributed by atoms with Crippen LogP contribution in [0.15, 0.2) is 24.3 Å². The third-order valence-electron chi connectivity index (χ3n) is 6.27. The van der Waals surface area contributed by atoms with E-state index in [4.69, 9.17) is 0 Å². The van der Waals surface area contributed by atoms with E-state index in [0.717, 1.165) is 45.4 Å². The van der Waals surface area contributed by atoms with Crippen molar-refractivity contribution in [3.05, 3.63) is 29.8 Å². The molecule has 2 heterocycles. The number of hydrogen-bond acceptors (Lipinski definition) is 3. The Morgan fingerprint density at radius 3 is 2.77 bits per heavy atom. The number of phenols is 1. The van der Waals surface area contributed by atoms with Crippen LogP contribution in [0.1, 0.15) is 44.1 Å². The largest absolute Gasteiger partial charge is 0.508 e. The molecule has 1 aliphatic carbocycles. The van der Waals surface area contributed by atoms with Crippen LogP contribution >= 0.6 is 0 Å². The minimum Gasteiger partial charge on any atom is -0.508 e. The lowest BCUT2D eigenvalue weighted by molar-refractivity contribution is -0.143. The first-order chi connectivity index (χ1) is 12.5. The van der Waals surface area contributed by atoms with Crippen molar-refractivity contribution in [2.45, 2.75) is 44.9 Å². The molecule has 2 aliphatic heterocycles. The number of rotatable bonds is 4. The van der Waals surface area contributed by atoms with Gasteiger partial charge >= 0.3 is 0 Å². The average molecular weight is 356 g/mol. The topological polar surface area (TPSA) is 60.9 Å². The van der Waals surface area contributed by atoms with Gasteiger partial charge in [0, 0.05) is 43.6 Å². The van der Waals surface area contributed by atoms with E-state index in [2.05, 4.69) is 4.90 Å². The van der Waals surface area contributed by atoms with E-state index >= 15 is 0 Å². The lowest BCUT2D eigenvalue weighted by atomic mass is 9.73. The summed E-state index contributed by atoms with van der Waals surface area (Å²) < 4.78 is 0. The minimum atomic E-state index is 0.0649. The number of carbonyl (C=O) groups excluding carboxylic acids is 2. The van der Waals surface area contributed by atoms with E-state index in [1.165, 1.54) is 12.8 Å². The standard InChI is InChI=1S/C21H28N2O3/c24-18-5-2-1-4-17(18)12-20(26)22-11-3-9-21(14-22)10-8-19(25)23(15-21)13-16-6-7-16/h1-2,4-5,16,24H,3,6-15H2/t21-/m0/s1. The molecule has 1 saturated carbocycles. The van der Waals surface area contributed by atoms with Crippen LogP contribution < -0.4 is 0 Å². The fourth-order valence-electron chi connectivity index (χ4n) is 4.57. The number of phenolic OH excluding ortho intramolecular Hbond substituents is 1. The smallest absolute Gasteiger partial charge is 0.227 e. The lowest BCUT2D eigenvalue weighted by Gasteiger charge is -2.48. The third-order valence-corrected chi connectivity index (χ3v) is 6.27. The molecule has 1 spiro atoms. The highest BCUT2D eigenvalue weighted by Crippen LogP contribution is 2.40. The average Bonchev–Trinajstić information content (AvgIpc) is 3.45. The fourth-order valence-corrected chi connectivity index (χ4v) is 4.57. The van der Waals surface area contributed by atoms with Crippen LogP contribution in [-0.2, 0) is 16.0 Å². The van der Waals surface area contributed by atoms with Crippen LogP contribution in [0.25, 0.3) is 0 Å². The number of aromatic hydroxyl groups is 1. The molecule has 1 N–H and O–H groups in total. The summed E-state index contributed by atoms with van der Waals surface area (Å²) in [5.41, 5.74) is 0.751. The Kier molecular flexibility index (Phi) is 4.63. The van der Waals surface area contributed by atoms with Crippen LogP contribution in [0, 0.1) is 11.3 Å². The van der Waals surface area contributed by atoms with Gasteiger partial charge in [0.1, 0.15) is 5.75 Å². The Labute approximate surface area is 155 Å². The molecule has 1 aromatic carbocycles. The van der Waals surface area contributed by atoms with E-state index in [9.17, 15) is 14.7 Å². The summed E-state index contributed by atoms with van der Waals surface area (Å²) in [5.74, 6) is 1.26. The van der Waals surface area contributed by atoms with Crippen LogP contribution in [0.3, 0.4) is 0 Å². The van der Waals surface area contributed by atoms with Crippen LogP contribution in [0.4, 0.5) is 0 Å². The summed E-state index contributed by atoms with van der Waals surface area (Å²) in [6.45, 7) is 3.24. The number of carbonyl (C=O) groups is 2. The van der Waals surface area contributed by atoms with Crippen molar-refractivity contribution < 1.29 is 14.7 Å². The second-order valence-electron chi connectivity index (χ2n) is 8.44. The van der Waals surface area contributed by atoms with E-state index in [0.29, 0.717) is 23.8 Å². The normalized spacial score (nSPS) is 26.4. The van der Waals surface area contributed by atoms with Crippen molar-refractivity contribution in [1.29, 1.82) is 0 Å². The van der Waals surface area contributed by atoms with Gasteiger partial charge in [0.2, 0.25) is 11.8 Å². The zero-order valence-electron chi connectivity index (χ0n) is 15.3. The third kappa shape index (κ3) is 3.71. The molecule has 4 rings (SSSR count). The number of nitrogens with zero attached hydrogens (tertiary/aromatic N) is 2. The van der Waals surface area contributed by atoms with Crippen molar-refractivity contribution in [2.24, 2.45) is 11.3 Å². The zero-order valence-corrected chi connectivity index (χ0v) is 15.3.